The molecule has 1 fully saturated rings. The lowest BCUT2D eigenvalue weighted by Gasteiger charge is -2.14. The van der Waals surface area contributed by atoms with Crippen LogP contribution in [0.25, 0.3) is 23.0 Å². The van der Waals surface area contributed by atoms with Gasteiger partial charge < -0.3 is 9.47 Å². The van der Waals surface area contributed by atoms with Gasteiger partial charge in [0.1, 0.15) is 11.5 Å². The minimum atomic E-state index is -0.166. The summed E-state index contributed by atoms with van der Waals surface area (Å²) in [5, 5.41) is 4.86. The Bertz CT molecular complexity index is 1430. The molecule has 1 amide bonds. The van der Waals surface area contributed by atoms with Gasteiger partial charge in [-0.25, -0.2) is 4.68 Å². The maximum Gasteiger partial charge on any atom is 0.270 e. The first-order valence-electron chi connectivity index (χ1n) is 11.4. The van der Waals surface area contributed by atoms with Crippen molar-refractivity contribution < 1.29 is 14.3 Å². The molecule has 36 heavy (non-hydrogen) atoms. The predicted molar refractivity (Wildman–Crippen MR) is 149 cm³/mol. The number of thiocarbonyl (C=S) groups is 1. The van der Waals surface area contributed by atoms with Crippen molar-refractivity contribution in [2.24, 2.45) is 0 Å². The lowest BCUT2D eigenvalue weighted by atomic mass is 10.1. The molecule has 1 saturated heterocycles. The molecule has 1 aromatic heterocycles. The molecule has 8 heteroatoms. The van der Waals surface area contributed by atoms with E-state index in [-0.39, 0.29) is 5.91 Å². The first-order chi connectivity index (χ1) is 17.6. The standard InChI is InChI=1S/C28H23N3O3S2/c1-3-34-24-13-9-19(10-14-24)26-20(18-30(29-26)21-7-5-4-6-8-21)17-25-27(32)31(28(35)36-25)22-11-15-23(33-2)16-12-22/h4-18H,3H2,1-2H3/b25-17-. The molecule has 4 aromatic rings. The lowest BCUT2D eigenvalue weighted by Crippen LogP contribution is -2.27. The van der Waals surface area contributed by atoms with Gasteiger partial charge in [0.2, 0.25) is 0 Å². The average Bonchev–Trinajstić information content (AvgIpc) is 3.45. The third kappa shape index (κ3) is 4.78. The number of hydrogen-bond acceptors (Lipinski definition) is 6. The number of methoxy groups -OCH3 is 1. The van der Waals surface area contributed by atoms with Gasteiger partial charge in [-0.3, -0.25) is 9.69 Å². The maximum absolute atomic E-state index is 13.4. The van der Waals surface area contributed by atoms with Gasteiger partial charge >= 0.3 is 0 Å². The number of carbonyl (C=O) groups is 1. The Morgan fingerprint density at radius 2 is 1.64 bits per heavy atom. The highest BCUT2D eigenvalue weighted by Crippen LogP contribution is 2.38. The summed E-state index contributed by atoms with van der Waals surface area (Å²) in [4.78, 5) is 15.5. The monoisotopic (exact) mass is 513 g/mol. The van der Waals surface area contributed by atoms with Gasteiger partial charge in [-0.05, 0) is 73.7 Å². The largest absolute Gasteiger partial charge is 0.497 e. The highest BCUT2D eigenvalue weighted by Gasteiger charge is 2.33. The van der Waals surface area contributed by atoms with Gasteiger partial charge in [-0.2, -0.15) is 5.10 Å². The van der Waals surface area contributed by atoms with E-state index in [0.29, 0.717) is 27.3 Å². The van der Waals surface area contributed by atoms with Crippen LogP contribution >= 0.6 is 24.0 Å². The van der Waals surface area contributed by atoms with E-state index < -0.39 is 0 Å². The lowest BCUT2D eigenvalue weighted by molar-refractivity contribution is -0.113. The Balaban J connectivity index is 1.53. The summed E-state index contributed by atoms with van der Waals surface area (Å²) >= 11 is 6.84. The Kier molecular flexibility index (Phi) is 6.88. The number of hydrogen-bond donors (Lipinski definition) is 0. The van der Waals surface area contributed by atoms with Crippen LogP contribution in [0, 0.1) is 0 Å². The topological polar surface area (TPSA) is 56.6 Å². The summed E-state index contributed by atoms with van der Waals surface area (Å²) in [6.07, 6.45) is 3.79. The number of amides is 1. The molecule has 180 valence electrons. The molecule has 0 atom stereocenters. The third-order valence-corrected chi connectivity index (χ3v) is 6.92. The van der Waals surface area contributed by atoms with Crippen LogP contribution in [0.3, 0.4) is 0 Å². The zero-order valence-electron chi connectivity index (χ0n) is 19.8. The fourth-order valence-corrected chi connectivity index (χ4v) is 5.16. The van der Waals surface area contributed by atoms with Gasteiger partial charge in [0.25, 0.3) is 5.91 Å². The molecule has 0 unspecified atom stereocenters. The molecule has 0 bridgehead atoms. The second kappa shape index (κ2) is 10.4. The van der Waals surface area contributed by atoms with Crippen molar-refractivity contribution in [3.8, 4) is 28.4 Å². The maximum atomic E-state index is 13.4. The number of nitrogens with zero attached hydrogens (tertiary/aromatic N) is 3. The molecule has 1 aliphatic rings. The molecule has 0 N–H and O–H groups in total. The molecule has 2 heterocycles. The van der Waals surface area contributed by atoms with E-state index in [0.717, 1.165) is 28.3 Å². The number of ether oxygens (including phenoxy) is 2. The molecule has 0 radical (unpaired) electrons. The molecule has 0 aliphatic carbocycles. The SMILES string of the molecule is CCOc1ccc(-c2nn(-c3ccccc3)cc2/C=C2\SC(=S)N(c3ccc(OC)cc3)C2=O)cc1. The Morgan fingerprint density at radius 3 is 2.31 bits per heavy atom. The fourth-order valence-electron chi connectivity index (χ4n) is 3.87. The quantitative estimate of drug-likeness (QED) is 0.212. The molecule has 1 aliphatic heterocycles. The van der Waals surface area contributed by atoms with Crippen LogP contribution in [0.1, 0.15) is 12.5 Å². The van der Waals surface area contributed by atoms with Crippen LogP contribution in [-0.4, -0.2) is 33.7 Å². The molecular formula is C28H23N3O3S2. The van der Waals surface area contributed by atoms with Crippen LogP contribution in [0.4, 0.5) is 5.69 Å². The van der Waals surface area contributed by atoms with E-state index in [1.54, 1.807) is 12.0 Å². The number of thioether (sulfide) groups is 1. The van der Waals surface area contributed by atoms with Crippen molar-refractivity contribution in [1.29, 1.82) is 0 Å². The van der Waals surface area contributed by atoms with Crippen molar-refractivity contribution in [2.45, 2.75) is 6.92 Å². The fraction of sp³-hybridized carbons (Fsp3) is 0.107. The molecule has 0 spiro atoms. The Morgan fingerprint density at radius 1 is 0.944 bits per heavy atom. The minimum Gasteiger partial charge on any atom is -0.497 e. The number of aromatic nitrogens is 2. The normalized spacial score (nSPS) is 14.5. The second-order valence-corrected chi connectivity index (χ2v) is 9.56. The summed E-state index contributed by atoms with van der Waals surface area (Å²) in [5.74, 6) is 1.35. The van der Waals surface area contributed by atoms with Crippen molar-refractivity contribution in [3.63, 3.8) is 0 Å². The average molecular weight is 514 g/mol. The van der Waals surface area contributed by atoms with Crippen LogP contribution in [0.2, 0.25) is 0 Å². The van der Waals surface area contributed by atoms with Crippen molar-refractivity contribution in [3.05, 3.63) is 95.5 Å². The van der Waals surface area contributed by atoms with Crippen molar-refractivity contribution in [1.82, 2.24) is 9.78 Å². The van der Waals surface area contributed by atoms with Crippen molar-refractivity contribution >= 4 is 46.0 Å². The van der Waals surface area contributed by atoms with Crippen LogP contribution < -0.4 is 14.4 Å². The number of benzene rings is 3. The minimum absolute atomic E-state index is 0.166. The summed E-state index contributed by atoms with van der Waals surface area (Å²) in [6, 6.07) is 24.9. The predicted octanol–water partition coefficient (Wildman–Crippen LogP) is 6.35. The van der Waals surface area contributed by atoms with Crippen LogP contribution in [0.5, 0.6) is 11.5 Å². The summed E-state index contributed by atoms with van der Waals surface area (Å²) in [6.45, 7) is 2.55. The molecule has 0 saturated carbocycles. The summed E-state index contributed by atoms with van der Waals surface area (Å²) < 4.78 is 13.1. The van der Waals surface area contributed by atoms with Crippen LogP contribution in [0.15, 0.2) is 90.0 Å². The number of carbonyl (C=O) groups excluding carboxylic acids is 1. The third-order valence-electron chi connectivity index (χ3n) is 5.61. The van der Waals surface area contributed by atoms with E-state index in [1.807, 2.05) is 103 Å². The van der Waals surface area contributed by atoms with Crippen molar-refractivity contribution in [2.75, 3.05) is 18.6 Å². The molecule has 3 aromatic carbocycles. The zero-order chi connectivity index (χ0) is 25.1. The number of rotatable bonds is 7. The molecule has 5 rings (SSSR count). The Hall–Kier alpha value is -3.88. The van der Waals surface area contributed by atoms with Gasteiger partial charge in [0.15, 0.2) is 4.32 Å². The first kappa shape index (κ1) is 23.8. The zero-order valence-corrected chi connectivity index (χ0v) is 21.4. The van der Waals surface area contributed by atoms with E-state index in [2.05, 4.69) is 0 Å². The van der Waals surface area contributed by atoms with Crippen LogP contribution in [-0.2, 0) is 4.79 Å². The number of para-hydroxylation sites is 1. The van der Waals surface area contributed by atoms with E-state index in [9.17, 15) is 4.79 Å². The molecular weight excluding hydrogens is 490 g/mol. The first-order valence-corrected chi connectivity index (χ1v) is 12.6. The van der Waals surface area contributed by atoms with Gasteiger partial charge in [-0.1, -0.05) is 42.2 Å². The van der Waals surface area contributed by atoms with E-state index in [1.165, 1.54) is 11.8 Å². The smallest absolute Gasteiger partial charge is 0.270 e. The van der Waals surface area contributed by atoms with E-state index >= 15 is 0 Å². The van der Waals surface area contributed by atoms with Gasteiger partial charge in [0.05, 0.1) is 35.7 Å². The number of anilines is 1. The van der Waals surface area contributed by atoms with Gasteiger partial charge in [0, 0.05) is 17.3 Å². The highest BCUT2D eigenvalue weighted by atomic mass is 32.2. The molecule has 6 nitrogen and oxygen atoms in total. The second-order valence-electron chi connectivity index (χ2n) is 7.89. The van der Waals surface area contributed by atoms with Gasteiger partial charge in [-0.15, -0.1) is 0 Å². The summed E-state index contributed by atoms with van der Waals surface area (Å²) in [7, 11) is 1.61. The highest BCUT2D eigenvalue weighted by molar-refractivity contribution is 8.27. The van der Waals surface area contributed by atoms with E-state index in [4.69, 9.17) is 26.8 Å². The summed E-state index contributed by atoms with van der Waals surface area (Å²) in [5.41, 5.74) is 4.13. The Labute approximate surface area is 219 Å².